The molecule has 1 fully saturated rings. The average Bonchev–Trinajstić information content (AvgIpc) is 2.99. The Kier molecular flexibility index (Phi) is 5.91. The van der Waals surface area contributed by atoms with Gasteiger partial charge in [0.05, 0.1) is 31.3 Å². The molecule has 0 saturated carbocycles. The maximum Gasteiger partial charge on any atom is 0.335 e. The zero-order chi connectivity index (χ0) is 15.9. The number of benzene rings is 1. The first-order valence-electron chi connectivity index (χ1n) is 7.35. The third kappa shape index (κ3) is 5.13. The molecule has 1 aliphatic rings. The number of carbonyl (C=O) groups is 2. The van der Waals surface area contributed by atoms with Crippen molar-refractivity contribution >= 4 is 11.9 Å². The highest BCUT2D eigenvalue weighted by atomic mass is 16.5. The van der Waals surface area contributed by atoms with Crippen LogP contribution in [0.15, 0.2) is 24.3 Å². The number of aromatic carboxylic acids is 1. The molecule has 6 nitrogen and oxygen atoms in total. The summed E-state index contributed by atoms with van der Waals surface area (Å²) in [6.07, 6.45) is 1.25. The molecule has 1 aliphatic heterocycles. The number of ether oxygens (including phenoxy) is 2. The summed E-state index contributed by atoms with van der Waals surface area (Å²) >= 11 is 0. The van der Waals surface area contributed by atoms with E-state index in [4.69, 9.17) is 14.6 Å². The summed E-state index contributed by atoms with van der Waals surface area (Å²) in [5.41, 5.74) is 0.990. The predicted octanol–water partition coefficient (Wildman–Crippen LogP) is 1.24. The molecule has 2 rings (SSSR count). The molecule has 2 N–H and O–H groups in total. The molecule has 1 heterocycles. The fraction of sp³-hybridized carbons (Fsp3) is 0.500. The van der Waals surface area contributed by atoms with Crippen LogP contribution in [0, 0.1) is 0 Å². The molecule has 1 saturated heterocycles. The Morgan fingerprint density at radius 3 is 2.73 bits per heavy atom. The maximum absolute atomic E-state index is 11.9. The smallest absolute Gasteiger partial charge is 0.335 e. The topological polar surface area (TPSA) is 84.9 Å². The van der Waals surface area contributed by atoms with Crippen molar-refractivity contribution in [1.29, 1.82) is 0 Å². The summed E-state index contributed by atoms with van der Waals surface area (Å²) in [6.45, 7) is 3.70. The zero-order valence-electron chi connectivity index (χ0n) is 12.6. The first-order chi connectivity index (χ1) is 10.5. The van der Waals surface area contributed by atoms with Gasteiger partial charge in [0.2, 0.25) is 5.91 Å². The molecule has 6 heteroatoms. The lowest BCUT2D eigenvalue weighted by Crippen LogP contribution is -2.38. The molecule has 0 radical (unpaired) electrons. The Bertz CT molecular complexity index is 508. The molecule has 0 aromatic heterocycles. The molecule has 2 unspecified atom stereocenters. The van der Waals surface area contributed by atoms with E-state index < -0.39 is 5.97 Å². The quantitative estimate of drug-likeness (QED) is 0.791. The molecule has 2 atom stereocenters. The first kappa shape index (κ1) is 16.5. The van der Waals surface area contributed by atoms with Crippen molar-refractivity contribution in [3.8, 4) is 0 Å². The average molecular weight is 307 g/mol. The van der Waals surface area contributed by atoms with Gasteiger partial charge in [0.15, 0.2) is 0 Å². The van der Waals surface area contributed by atoms with Crippen molar-refractivity contribution < 1.29 is 24.2 Å². The lowest BCUT2D eigenvalue weighted by molar-refractivity contribution is -0.121. The molecule has 22 heavy (non-hydrogen) atoms. The van der Waals surface area contributed by atoms with Crippen LogP contribution >= 0.6 is 0 Å². The SMILES string of the molecule is CC(COC1CCOC1)NC(=O)Cc1ccc(C(=O)O)cc1. The van der Waals surface area contributed by atoms with Gasteiger partial charge in [-0.1, -0.05) is 12.1 Å². The van der Waals surface area contributed by atoms with Crippen molar-refractivity contribution in [1.82, 2.24) is 5.32 Å². The standard InChI is InChI=1S/C16H21NO5/c1-11(9-22-14-6-7-21-10-14)17-15(18)8-12-2-4-13(5-3-12)16(19)20/h2-5,11,14H,6-10H2,1H3,(H,17,18)(H,19,20). The van der Waals surface area contributed by atoms with E-state index in [0.29, 0.717) is 13.2 Å². The molecule has 1 aromatic rings. The molecule has 120 valence electrons. The lowest BCUT2D eigenvalue weighted by atomic mass is 10.1. The van der Waals surface area contributed by atoms with Crippen molar-refractivity contribution in [3.63, 3.8) is 0 Å². The van der Waals surface area contributed by atoms with E-state index in [-0.39, 0.29) is 30.0 Å². The van der Waals surface area contributed by atoms with Gasteiger partial charge in [-0.25, -0.2) is 4.79 Å². The number of carboxylic acids is 1. The minimum absolute atomic E-state index is 0.0774. The van der Waals surface area contributed by atoms with Crippen molar-refractivity contribution in [3.05, 3.63) is 35.4 Å². The van der Waals surface area contributed by atoms with E-state index in [1.165, 1.54) is 12.1 Å². The van der Waals surface area contributed by atoms with Crippen molar-refractivity contribution in [2.75, 3.05) is 19.8 Å². The number of rotatable bonds is 7. The molecule has 0 bridgehead atoms. The van der Waals surface area contributed by atoms with E-state index in [1.54, 1.807) is 12.1 Å². The molecule has 1 amide bonds. The number of hydrogen-bond acceptors (Lipinski definition) is 4. The third-order valence-corrected chi connectivity index (χ3v) is 3.44. The molecular formula is C16H21NO5. The maximum atomic E-state index is 11.9. The van der Waals surface area contributed by atoms with Gasteiger partial charge in [-0.15, -0.1) is 0 Å². The normalized spacial score (nSPS) is 18.9. The van der Waals surface area contributed by atoms with Crippen LogP contribution in [0.5, 0.6) is 0 Å². The fourth-order valence-electron chi connectivity index (χ4n) is 2.24. The summed E-state index contributed by atoms with van der Waals surface area (Å²) in [5, 5.41) is 11.7. The van der Waals surface area contributed by atoms with Gasteiger partial charge < -0.3 is 19.9 Å². The highest BCUT2D eigenvalue weighted by molar-refractivity contribution is 5.87. The number of carboxylic acid groups (broad SMARTS) is 1. The molecule has 1 aromatic carbocycles. The van der Waals surface area contributed by atoms with E-state index >= 15 is 0 Å². The monoisotopic (exact) mass is 307 g/mol. The summed E-state index contributed by atoms with van der Waals surface area (Å²) in [7, 11) is 0. The van der Waals surface area contributed by atoms with Crippen LogP contribution < -0.4 is 5.32 Å². The van der Waals surface area contributed by atoms with Crippen LogP contribution in [0.1, 0.15) is 29.3 Å². The van der Waals surface area contributed by atoms with E-state index in [0.717, 1.165) is 18.6 Å². The number of nitrogens with one attached hydrogen (secondary N) is 1. The second kappa shape index (κ2) is 7.91. The highest BCUT2D eigenvalue weighted by Gasteiger charge is 2.17. The Balaban J connectivity index is 1.73. The summed E-state index contributed by atoms with van der Waals surface area (Å²) in [6, 6.07) is 6.22. The fourth-order valence-corrected chi connectivity index (χ4v) is 2.24. The Labute approximate surface area is 129 Å². The Hall–Kier alpha value is -1.92. The molecular weight excluding hydrogens is 286 g/mol. The van der Waals surface area contributed by atoms with Gasteiger partial charge in [0, 0.05) is 12.6 Å². The second-order valence-electron chi connectivity index (χ2n) is 5.47. The predicted molar refractivity (Wildman–Crippen MR) is 79.9 cm³/mol. The summed E-state index contributed by atoms with van der Waals surface area (Å²) in [5.74, 6) is -1.08. The molecule has 0 aliphatic carbocycles. The summed E-state index contributed by atoms with van der Waals surface area (Å²) in [4.78, 5) is 22.7. The van der Waals surface area contributed by atoms with Crippen LogP contribution in [-0.2, 0) is 20.7 Å². The van der Waals surface area contributed by atoms with E-state index in [1.807, 2.05) is 6.92 Å². The Morgan fingerprint density at radius 2 is 2.14 bits per heavy atom. The van der Waals surface area contributed by atoms with E-state index in [2.05, 4.69) is 5.32 Å². The van der Waals surface area contributed by atoms with Gasteiger partial charge in [0.1, 0.15) is 0 Å². The second-order valence-corrected chi connectivity index (χ2v) is 5.47. The van der Waals surface area contributed by atoms with Crippen LogP contribution in [0.2, 0.25) is 0 Å². The van der Waals surface area contributed by atoms with Gasteiger partial charge in [-0.2, -0.15) is 0 Å². The number of hydrogen-bond donors (Lipinski definition) is 2. The van der Waals surface area contributed by atoms with E-state index in [9.17, 15) is 9.59 Å². The van der Waals surface area contributed by atoms with Crippen molar-refractivity contribution in [2.24, 2.45) is 0 Å². The zero-order valence-corrected chi connectivity index (χ0v) is 12.6. The van der Waals surface area contributed by atoms with Crippen LogP contribution in [-0.4, -0.2) is 48.9 Å². The third-order valence-electron chi connectivity index (χ3n) is 3.44. The van der Waals surface area contributed by atoms with Crippen LogP contribution in [0.25, 0.3) is 0 Å². The van der Waals surface area contributed by atoms with Gasteiger partial charge in [-0.05, 0) is 31.0 Å². The highest BCUT2D eigenvalue weighted by Crippen LogP contribution is 2.08. The number of carbonyl (C=O) groups excluding carboxylic acids is 1. The van der Waals surface area contributed by atoms with Crippen LogP contribution in [0.4, 0.5) is 0 Å². The Morgan fingerprint density at radius 1 is 1.41 bits per heavy atom. The largest absolute Gasteiger partial charge is 0.478 e. The lowest BCUT2D eigenvalue weighted by Gasteiger charge is -2.17. The molecule has 0 spiro atoms. The number of amides is 1. The minimum atomic E-state index is -0.974. The minimum Gasteiger partial charge on any atom is -0.478 e. The van der Waals surface area contributed by atoms with Gasteiger partial charge in [0.25, 0.3) is 0 Å². The first-order valence-corrected chi connectivity index (χ1v) is 7.35. The summed E-state index contributed by atoms with van der Waals surface area (Å²) < 4.78 is 10.9. The van der Waals surface area contributed by atoms with Crippen LogP contribution in [0.3, 0.4) is 0 Å². The van der Waals surface area contributed by atoms with Gasteiger partial charge in [-0.3, -0.25) is 4.79 Å². The van der Waals surface area contributed by atoms with Crippen molar-refractivity contribution in [2.45, 2.75) is 31.9 Å². The van der Waals surface area contributed by atoms with Gasteiger partial charge >= 0.3 is 5.97 Å².